The fourth-order valence-corrected chi connectivity index (χ4v) is 2.87. The van der Waals surface area contributed by atoms with Crippen LogP contribution in [0.5, 0.6) is 0 Å². The summed E-state index contributed by atoms with van der Waals surface area (Å²) in [4.78, 5) is 18.3. The molecule has 1 aromatic rings. The molecule has 5 nitrogen and oxygen atoms in total. The number of aryl methyl sites for hydroxylation is 2. The van der Waals surface area contributed by atoms with E-state index < -0.39 is 0 Å². The summed E-state index contributed by atoms with van der Waals surface area (Å²) in [5.41, 5.74) is 3.09. The van der Waals surface area contributed by atoms with E-state index in [0.29, 0.717) is 19.0 Å². The van der Waals surface area contributed by atoms with Crippen LogP contribution in [0.3, 0.4) is 0 Å². The molecule has 1 N–H and O–H groups in total. The van der Waals surface area contributed by atoms with Crippen molar-refractivity contribution in [1.82, 2.24) is 15.2 Å². The van der Waals surface area contributed by atoms with Gasteiger partial charge in [0, 0.05) is 32.5 Å². The lowest BCUT2D eigenvalue weighted by Crippen LogP contribution is -2.38. The number of nitrogens with one attached hydrogen (secondary N) is 1. The number of nitrogens with zero attached hydrogens (tertiary/aromatic N) is 2. The van der Waals surface area contributed by atoms with Crippen LogP contribution in [-0.2, 0) is 11.3 Å². The summed E-state index contributed by atoms with van der Waals surface area (Å²) in [6.07, 6.45) is 3.33. The molecule has 0 bridgehead atoms. The highest BCUT2D eigenvalue weighted by Crippen LogP contribution is 2.16. The van der Waals surface area contributed by atoms with Crippen molar-refractivity contribution < 1.29 is 9.53 Å². The van der Waals surface area contributed by atoms with Crippen LogP contribution in [-0.4, -0.2) is 42.7 Å². The lowest BCUT2D eigenvalue weighted by atomic mass is 9.99. The summed E-state index contributed by atoms with van der Waals surface area (Å²) >= 11 is 0. The maximum atomic E-state index is 12.1. The molecule has 1 aromatic heterocycles. The molecule has 122 valence electrons. The third-order valence-corrected chi connectivity index (χ3v) is 3.98. The molecule has 1 fully saturated rings. The molecule has 0 saturated carbocycles. The Labute approximate surface area is 133 Å². The third kappa shape index (κ3) is 5.30. The van der Waals surface area contributed by atoms with Crippen molar-refractivity contribution in [3.63, 3.8) is 0 Å². The van der Waals surface area contributed by atoms with Crippen LogP contribution in [0.25, 0.3) is 0 Å². The average Bonchev–Trinajstić information content (AvgIpc) is 2.47. The molecule has 0 radical (unpaired) electrons. The highest BCUT2D eigenvalue weighted by atomic mass is 16.5. The Morgan fingerprint density at radius 1 is 1.45 bits per heavy atom. The third-order valence-electron chi connectivity index (χ3n) is 3.98. The zero-order valence-electron chi connectivity index (χ0n) is 13.9. The average molecular weight is 305 g/mol. The van der Waals surface area contributed by atoms with E-state index in [4.69, 9.17) is 4.74 Å². The summed E-state index contributed by atoms with van der Waals surface area (Å²) in [5, 5.41) is 2.98. The number of urea groups is 1. The topological polar surface area (TPSA) is 54.5 Å². The second-order valence-corrected chi connectivity index (χ2v) is 6.24. The van der Waals surface area contributed by atoms with E-state index in [2.05, 4.69) is 10.3 Å². The van der Waals surface area contributed by atoms with E-state index in [1.165, 1.54) is 12.0 Å². The molecule has 22 heavy (non-hydrogen) atoms. The van der Waals surface area contributed by atoms with Gasteiger partial charge in [0.05, 0.1) is 12.2 Å². The summed E-state index contributed by atoms with van der Waals surface area (Å²) in [6, 6.07) is 4.02. The number of carbonyl (C=O) groups is 1. The summed E-state index contributed by atoms with van der Waals surface area (Å²) in [7, 11) is 1.80. The van der Waals surface area contributed by atoms with Crippen LogP contribution < -0.4 is 5.32 Å². The minimum absolute atomic E-state index is 0.0438. The molecule has 0 spiro atoms. The van der Waals surface area contributed by atoms with Crippen molar-refractivity contribution in [2.45, 2.75) is 39.7 Å². The van der Waals surface area contributed by atoms with Gasteiger partial charge in [0.2, 0.25) is 0 Å². The van der Waals surface area contributed by atoms with Crippen molar-refractivity contribution in [1.29, 1.82) is 0 Å². The molecule has 2 heterocycles. The molecular weight excluding hydrogens is 278 g/mol. The monoisotopic (exact) mass is 305 g/mol. The van der Waals surface area contributed by atoms with Crippen molar-refractivity contribution in [3.8, 4) is 0 Å². The number of hydrogen-bond acceptors (Lipinski definition) is 3. The molecule has 1 aliphatic rings. The fraction of sp³-hybridized carbons (Fsp3) is 0.647. The maximum absolute atomic E-state index is 12.1. The van der Waals surface area contributed by atoms with Crippen LogP contribution in [0.1, 0.15) is 36.2 Å². The van der Waals surface area contributed by atoms with Crippen LogP contribution in [0.4, 0.5) is 4.79 Å². The number of aromatic nitrogens is 1. The van der Waals surface area contributed by atoms with E-state index in [1.807, 2.05) is 26.0 Å². The first-order valence-corrected chi connectivity index (χ1v) is 8.05. The predicted molar refractivity (Wildman–Crippen MR) is 86.7 cm³/mol. The second kappa shape index (κ2) is 8.13. The molecule has 0 aromatic carbocycles. The lowest BCUT2D eigenvalue weighted by molar-refractivity contribution is 0.0519. The maximum Gasteiger partial charge on any atom is 0.317 e. The molecule has 2 rings (SSSR count). The van der Waals surface area contributed by atoms with Crippen molar-refractivity contribution in [3.05, 3.63) is 29.1 Å². The molecule has 1 aliphatic heterocycles. The Kier molecular flexibility index (Phi) is 6.19. The van der Waals surface area contributed by atoms with E-state index >= 15 is 0 Å². The normalized spacial score (nSPS) is 18.0. The van der Waals surface area contributed by atoms with Crippen LogP contribution in [0, 0.1) is 19.8 Å². The highest BCUT2D eigenvalue weighted by Gasteiger charge is 2.15. The van der Waals surface area contributed by atoms with Crippen LogP contribution in [0.15, 0.2) is 12.1 Å². The number of ether oxygens (including phenoxy) is 1. The number of rotatable bonds is 5. The molecule has 1 saturated heterocycles. The van der Waals surface area contributed by atoms with E-state index in [0.717, 1.165) is 37.4 Å². The standard InChI is InChI=1S/C17H27N3O2/c1-13-9-14(2)19-16(10-13)11-20(3)17(21)18-7-6-15-5-4-8-22-12-15/h9-10,15H,4-8,11-12H2,1-3H3,(H,18,21). The largest absolute Gasteiger partial charge is 0.381 e. The molecule has 1 unspecified atom stereocenters. The quantitative estimate of drug-likeness (QED) is 0.910. The Morgan fingerprint density at radius 3 is 2.95 bits per heavy atom. The van der Waals surface area contributed by atoms with E-state index in [9.17, 15) is 4.79 Å². The van der Waals surface area contributed by atoms with Gasteiger partial charge in [-0.3, -0.25) is 4.98 Å². The first-order chi connectivity index (χ1) is 10.5. The van der Waals surface area contributed by atoms with E-state index in [-0.39, 0.29) is 6.03 Å². The van der Waals surface area contributed by atoms with Gasteiger partial charge >= 0.3 is 6.03 Å². The Balaban J connectivity index is 1.74. The summed E-state index contributed by atoms with van der Waals surface area (Å²) < 4.78 is 5.46. The SMILES string of the molecule is Cc1cc(C)nc(CN(C)C(=O)NCCC2CCCOC2)c1. The number of amides is 2. The lowest BCUT2D eigenvalue weighted by Gasteiger charge is -2.23. The first-order valence-electron chi connectivity index (χ1n) is 8.05. The minimum atomic E-state index is -0.0438. The second-order valence-electron chi connectivity index (χ2n) is 6.24. The zero-order valence-corrected chi connectivity index (χ0v) is 13.9. The molecule has 2 amide bonds. The van der Waals surface area contributed by atoms with Gasteiger partial charge in [-0.15, -0.1) is 0 Å². The van der Waals surface area contributed by atoms with Gasteiger partial charge in [-0.2, -0.15) is 0 Å². The molecule has 0 aliphatic carbocycles. The van der Waals surface area contributed by atoms with Gasteiger partial charge in [-0.05, 0) is 56.7 Å². The van der Waals surface area contributed by atoms with Crippen LogP contribution >= 0.6 is 0 Å². The molecule has 1 atom stereocenters. The van der Waals surface area contributed by atoms with Crippen molar-refractivity contribution >= 4 is 6.03 Å². The highest BCUT2D eigenvalue weighted by molar-refractivity contribution is 5.73. The fourth-order valence-electron chi connectivity index (χ4n) is 2.87. The predicted octanol–water partition coefficient (Wildman–Crippen LogP) is 2.66. The smallest absolute Gasteiger partial charge is 0.317 e. The summed E-state index contributed by atoms with van der Waals surface area (Å²) in [5.74, 6) is 0.584. The Morgan fingerprint density at radius 2 is 2.27 bits per heavy atom. The van der Waals surface area contributed by atoms with E-state index in [1.54, 1.807) is 11.9 Å². The Hall–Kier alpha value is -1.62. The van der Waals surface area contributed by atoms with Gasteiger partial charge in [0.25, 0.3) is 0 Å². The number of hydrogen-bond donors (Lipinski definition) is 1. The van der Waals surface area contributed by atoms with Gasteiger partial charge in [-0.25, -0.2) is 4.79 Å². The molecular formula is C17H27N3O2. The van der Waals surface area contributed by atoms with Crippen molar-refractivity contribution in [2.24, 2.45) is 5.92 Å². The number of pyridine rings is 1. The van der Waals surface area contributed by atoms with Crippen molar-refractivity contribution in [2.75, 3.05) is 26.8 Å². The van der Waals surface area contributed by atoms with Crippen LogP contribution in [0.2, 0.25) is 0 Å². The summed E-state index contributed by atoms with van der Waals surface area (Å²) in [6.45, 7) is 6.97. The zero-order chi connectivity index (χ0) is 15.9. The molecule has 5 heteroatoms. The van der Waals surface area contributed by atoms with Gasteiger partial charge in [0.1, 0.15) is 0 Å². The number of carbonyl (C=O) groups excluding carboxylic acids is 1. The first kappa shape index (κ1) is 16.7. The van der Waals surface area contributed by atoms with Gasteiger partial charge in [0.15, 0.2) is 0 Å². The Bertz CT molecular complexity index is 478. The van der Waals surface area contributed by atoms with Gasteiger partial charge < -0.3 is 15.0 Å². The minimum Gasteiger partial charge on any atom is -0.381 e. The van der Waals surface area contributed by atoms with Gasteiger partial charge in [-0.1, -0.05) is 0 Å².